The van der Waals surface area contributed by atoms with Gasteiger partial charge in [0.05, 0.1) is 5.38 Å². The molecule has 3 rings (SSSR count). The molecule has 11 heavy (non-hydrogen) atoms. The maximum absolute atomic E-state index is 11.4. The standard InChI is InChI=1S/C9H13ClO/c1-9(2)5-3-6(9)8(11)7(10)4-5/h5-7H,3-4H2,1-2H3. The maximum atomic E-state index is 11.4. The van der Waals surface area contributed by atoms with Crippen LogP contribution < -0.4 is 0 Å². The Bertz CT molecular complexity index is 210. The first-order chi connectivity index (χ1) is 5.03. The average Bonchev–Trinajstić information content (AvgIpc) is 1.93. The first kappa shape index (κ1) is 7.60. The molecule has 0 saturated heterocycles. The van der Waals surface area contributed by atoms with E-state index in [1.165, 1.54) is 0 Å². The summed E-state index contributed by atoms with van der Waals surface area (Å²) in [6, 6.07) is 0. The quantitative estimate of drug-likeness (QED) is 0.513. The number of halogens is 1. The topological polar surface area (TPSA) is 17.1 Å². The highest BCUT2D eigenvalue weighted by Gasteiger charge is 2.57. The van der Waals surface area contributed by atoms with E-state index in [2.05, 4.69) is 13.8 Å². The van der Waals surface area contributed by atoms with Crippen LogP contribution in [0.3, 0.4) is 0 Å². The minimum atomic E-state index is -0.174. The summed E-state index contributed by atoms with van der Waals surface area (Å²) in [6.45, 7) is 4.37. The molecule has 3 saturated carbocycles. The number of hydrogen-bond acceptors (Lipinski definition) is 1. The van der Waals surface area contributed by atoms with Crippen molar-refractivity contribution in [2.24, 2.45) is 17.3 Å². The number of ketones is 1. The summed E-state index contributed by atoms with van der Waals surface area (Å²) in [6.07, 6.45) is 2.00. The van der Waals surface area contributed by atoms with Gasteiger partial charge in [0.25, 0.3) is 0 Å². The number of hydrogen-bond donors (Lipinski definition) is 0. The molecule has 0 aliphatic heterocycles. The van der Waals surface area contributed by atoms with Gasteiger partial charge in [0.2, 0.25) is 0 Å². The van der Waals surface area contributed by atoms with Crippen molar-refractivity contribution < 1.29 is 4.79 Å². The minimum absolute atomic E-state index is 0.174. The third kappa shape index (κ3) is 0.807. The fourth-order valence-corrected chi connectivity index (χ4v) is 2.85. The summed E-state index contributed by atoms with van der Waals surface area (Å²) in [5.41, 5.74) is 0.252. The smallest absolute Gasteiger partial charge is 0.154 e. The molecule has 3 aliphatic carbocycles. The van der Waals surface area contributed by atoms with Gasteiger partial charge in [0.15, 0.2) is 5.78 Å². The van der Waals surface area contributed by atoms with Crippen molar-refractivity contribution in [1.29, 1.82) is 0 Å². The van der Waals surface area contributed by atoms with E-state index < -0.39 is 0 Å². The van der Waals surface area contributed by atoms with Crippen LogP contribution in [0, 0.1) is 17.3 Å². The zero-order valence-corrected chi connectivity index (χ0v) is 7.69. The SMILES string of the molecule is CC1(C)C2CC(Cl)C(=O)C1C2. The second-order valence-electron chi connectivity index (χ2n) is 4.41. The van der Waals surface area contributed by atoms with Gasteiger partial charge in [-0.05, 0) is 24.2 Å². The molecule has 0 aromatic carbocycles. The van der Waals surface area contributed by atoms with Crippen molar-refractivity contribution in [3.05, 3.63) is 0 Å². The highest BCUT2D eigenvalue weighted by atomic mass is 35.5. The van der Waals surface area contributed by atoms with Crippen molar-refractivity contribution in [2.75, 3.05) is 0 Å². The molecule has 0 heterocycles. The first-order valence-corrected chi connectivity index (χ1v) is 4.65. The lowest BCUT2D eigenvalue weighted by Gasteiger charge is -2.56. The van der Waals surface area contributed by atoms with E-state index in [1.807, 2.05) is 0 Å². The molecule has 3 aliphatic rings. The van der Waals surface area contributed by atoms with E-state index in [1.54, 1.807) is 0 Å². The summed E-state index contributed by atoms with van der Waals surface area (Å²) in [4.78, 5) is 11.4. The molecule has 2 bridgehead atoms. The summed E-state index contributed by atoms with van der Waals surface area (Å²) in [7, 11) is 0. The molecular weight excluding hydrogens is 160 g/mol. The number of carbonyl (C=O) groups excluding carboxylic acids is 1. The molecule has 0 aromatic rings. The van der Waals surface area contributed by atoms with Gasteiger partial charge in [-0.2, -0.15) is 0 Å². The van der Waals surface area contributed by atoms with Gasteiger partial charge in [-0.1, -0.05) is 13.8 Å². The lowest BCUT2D eigenvalue weighted by Crippen LogP contribution is -2.56. The average molecular weight is 173 g/mol. The summed E-state index contributed by atoms with van der Waals surface area (Å²) < 4.78 is 0. The molecule has 0 spiro atoms. The van der Waals surface area contributed by atoms with Crippen LogP contribution in [0.25, 0.3) is 0 Å². The fourth-order valence-electron chi connectivity index (χ4n) is 2.48. The Labute approximate surface area is 72.1 Å². The van der Waals surface area contributed by atoms with Gasteiger partial charge in [0, 0.05) is 5.92 Å². The second-order valence-corrected chi connectivity index (χ2v) is 4.94. The van der Waals surface area contributed by atoms with Crippen LogP contribution in [0.5, 0.6) is 0 Å². The third-order valence-corrected chi connectivity index (χ3v) is 4.01. The van der Waals surface area contributed by atoms with E-state index in [9.17, 15) is 4.79 Å². The number of carbonyl (C=O) groups is 1. The summed E-state index contributed by atoms with van der Waals surface area (Å²) in [5.74, 6) is 1.26. The molecule has 2 heteroatoms. The number of fused-ring (bicyclic) bond motifs is 2. The zero-order chi connectivity index (χ0) is 8.22. The van der Waals surface area contributed by atoms with Crippen LogP contribution in [0.15, 0.2) is 0 Å². The predicted octanol–water partition coefficient (Wildman–Crippen LogP) is 2.23. The largest absolute Gasteiger partial charge is 0.298 e. The van der Waals surface area contributed by atoms with Crippen molar-refractivity contribution in [1.82, 2.24) is 0 Å². The van der Waals surface area contributed by atoms with Crippen molar-refractivity contribution >= 4 is 17.4 Å². The predicted molar refractivity (Wildman–Crippen MR) is 44.6 cm³/mol. The van der Waals surface area contributed by atoms with Gasteiger partial charge in [-0.3, -0.25) is 4.79 Å². The van der Waals surface area contributed by atoms with Crippen molar-refractivity contribution in [3.63, 3.8) is 0 Å². The number of Topliss-reactive ketones (excluding diaryl/α,β-unsaturated/α-hetero) is 1. The van der Waals surface area contributed by atoms with Gasteiger partial charge in [0.1, 0.15) is 0 Å². The lowest BCUT2D eigenvalue weighted by molar-refractivity contribution is -0.147. The van der Waals surface area contributed by atoms with Crippen LogP contribution in [0.1, 0.15) is 26.7 Å². The van der Waals surface area contributed by atoms with E-state index in [4.69, 9.17) is 11.6 Å². The van der Waals surface area contributed by atoms with E-state index in [0.29, 0.717) is 11.7 Å². The van der Waals surface area contributed by atoms with Crippen LogP contribution in [0.2, 0.25) is 0 Å². The lowest BCUT2D eigenvalue weighted by atomic mass is 9.48. The van der Waals surface area contributed by atoms with Gasteiger partial charge in [-0.25, -0.2) is 0 Å². The molecule has 1 nitrogen and oxygen atoms in total. The molecule has 0 amide bonds. The number of alkyl halides is 1. The Hall–Kier alpha value is -0.0400. The fraction of sp³-hybridized carbons (Fsp3) is 0.889. The maximum Gasteiger partial charge on any atom is 0.154 e. The molecule has 3 unspecified atom stereocenters. The molecule has 0 radical (unpaired) electrons. The number of rotatable bonds is 0. The van der Waals surface area contributed by atoms with Gasteiger partial charge >= 0.3 is 0 Å². The van der Waals surface area contributed by atoms with Crippen molar-refractivity contribution in [2.45, 2.75) is 32.1 Å². The van der Waals surface area contributed by atoms with Crippen molar-refractivity contribution in [3.8, 4) is 0 Å². The Balaban J connectivity index is 2.23. The Morgan fingerprint density at radius 2 is 2.09 bits per heavy atom. The monoisotopic (exact) mass is 172 g/mol. The van der Waals surface area contributed by atoms with E-state index in [-0.39, 0.29) is 16.7 Å². The Morgan fingerprint density at radius 1 is 1.45 bits per heavy atom. The normalized spacial score (nSPS) is 46.8. The van der Waals surface area contributed by atoms with Crippen LogP contribution >= 0.6 is 11.6 Å². The minimum Gasteiger partial charge on any atom is -0.298 e. The Kier molecular flexibility index (Phi) is 1.39. The van der Waals surface area contributed by atoms with Gasteiger partial charge < -0.3 is 0 Å². The van der Waals surface area contributed by atoms with Crippen LogP contribution in [-0.2, 0) is 4.79 Å². The first-order valence-electron chi connectivity index (χ1n) is 4.21. The molecule has 3 atom stereocenters. The van der Waals surface area contributed by atoms with Crippen LogP contribution in [0.4, 0.5) is 0 Å². The highest BCUT2D eigenvalue weighted by Crippen LogP contribution is 2.58. The molecule has 0 aromatic heterocycles. The third-order valence-electron chi connectivity index (χ3n) is 3.61. The van der Waals surface area contributed by atoms with Crippen LogP contribution in [-0.4, -0.2) is 11.2 Å². The Morgan fingerprint density at radius 3 is 2.45 bits per heavy atom. The molecular formula is C9H13ClO. The summed E-state index contributed by atoms with van der Waals surface area (Å²) >= 11 is 5.87. The zero-order valence-electron chi connectivity index (χ0n) is 6.93. The van der Waals surface area contributed by atoms with Gasteiger partial charge in [-0.15, -0.1) is 11.6 Å². The molecule has 62 valence electrons. The van der Waals surface area contributed by atoms with E-state index >= 15 is 0 Å². The molecule has 0 N–H and O–H groups in total. The second kappa shape index (κ2) is 2.01. The summed E-state index contributed by atoms with van der Waals surface area (Å²) in [5, 5.41) is -0.174. The van der Waals surface area contributed by atoms with E-state index in [0.717, 1.165) is 12.8 Å². The highest BCUT2D eigenvalue weighted by molar-refractivity contribution is 6.32. The molecule has 3 fully saturated rings.